The Morgan fingerprint density at radius 3 is 2.63 bits per heavy atom. The lowest BCUT2D eigenvalue weighted by molar-refractivity contribution is -0.384. The highest BCUT2D eigenvalue weighted by Crippen LogP contribution is 2.34. The van der Waals surface area contributed by atoms with E-state index in [1.54, 1.807) is 30.3 Å². The van der Waals surface area contributed by atoms with E-state index in [-0.39, 0.29) is 16.4 Å². The van der Waals surface area contributed by atoms with Crippen molar-refractivity contribution in [1.82, 2.24) is 10.4 Å². The lowest BCUT2D eigenvalue weighted by Gasteiger charge is -2.12. The number of hydrogen-bond donors (Lipinski definition) is 2. The van der Waals surface area contributed by atoms with Crippen LogP contribution in [-0.2, 0) is 4.79 Å². The van der Waals surface area contributed by atoms with Crippen LogP contribution >= 0.6 is 11.6 Å². The summed E-state index contributed by atoms with van der Waals surface area (Å²) in [4.78, 5) is 38.0. The number of carbonyl (C=O) groups is 2. The first-order chi connectivity index (χ1) is 16.9. The standard InChI is InChI=1S/C24H16ClN5O5/c25-23-17(13-27-29-24(32)15-5-4-6-18(10-15)30(33)34)9-16-11-21(26-14-31)22(12-20(16)28-23)35-19-7-2-1-3-8-19/h1-14H,(H,26,31)(H,29,32)/b27-13+. The van der Waals surface area contributed by atoms with Crippen molar-refractivity contribution < 1.29 is 19.2 Å². The molecule has 0 unspecified atom stereocenters. The van der Waals surface area contributed by atoms with E-state index in [9.17, 15) is 19.7 Å². The molecule has 2 N–H and O–H groups in total. The second kappa shape index (κ2) is 10.4. The molecule has 1 aromatic heterocycles. The fourth-order valence-corrected chi connectivity index (χ4v) is 3.34. The van der Waals surface area contributed by atoms with Gasteiger partial charge in [0.1, 0.15) is 10.9 Å². The number of rotatable bonds is 8. The minimum atomic E-state index is -0.630. The molecule has 0 saturated heterocycles. The Labute approximate surface area is 203 Å². The van der Waals surface area contributed by atoms with Gasteiger partial charge in [0, 0.05) is 34.7 Å². The van der Waals surface area contributed by atoms with Crippen LogP contribution in [0.15, 0.2) is 77.9 Å². The van der Waals surface area contributed by atoms with Gasteiger partial charge in [0.15, 0.2) is 5.75 Å². The highest BCUT2D eigenvalue weighted by molar-refractivity contribution is 6.32. The summed E-state index contributed by atoms with van der Waals surface area (Å²) < 4.78 is 5.88. The number of amides is 2. The third-order valence-corrected chi connectivity index (χ3v) is 5.07. The van der Waals surface area contributed by atoms with Crippen molar-refractivity contribution in [3.63, 3.8) is 0 Å². The van der Waals surface area contributed by atoms with Crippen LogP contribution in [0.4, 0.5) is 11.4 Å². The number of benzene rings is 3. The molecule has 174 valence electrons. The molecule has 3 aromatic carbocycles. The number of nitro groups is 1. The fraction of sp³-hybridized carbons (Fsp3) is 0. The van der Waals surface area contributed by atoms with Crippen molar-refractivity contribution in [2.24, 2.45) is 5.10 Å². The number of anilines is 1. The van der Waals surface area contributed by atoms with Crippen molar-refractivity contribution in [2.45, 2.75) is 0 Å². The highest BCUT2D eigenvalue weighted by atomic mass is 35.5. The number of fused-ring (bicyclic) bond motifs is 1. The minimum Gasteiger partial charge on any atom is -0.455 e. The Morgan fingerprint density at radius 1 is 1.09 bits per heavy atom. The molecule has 0 saturated carbocycles. The van der Waals surface area contributed by atoms with Crippen molar-refractivity contribution in [2.75, 3.05) is 5.32 Å². The van der Waals surface area contributed by atoms with E-state index in [1.807, 2.05) is 18.2 Å². The lowest BCUT2D eigenvalue weighted by Crippen LogP contribution is -2.17. The van der Waals surface area contributed by atoms with Crippen LogP contribution in [0.2, 0.25) is 5.15 Å². The van der Waals surface area contributed by atoms with Crippen molar-refractivity contribution >= 4 is 52.4 Å². The average Bonchev–Trinajstić information content (AvgIpc) is 2.86. The number of halogens is 1. The molecule has 0 fully saturated rings. The van der Waals surface area contributed by atoms with Crippen molar-refractivity contribution in [3.05, 3.63) is 99.2 Å². The molecule has 0 aliphatic carbocycles. The van der Waals surface area contributed by atoms with Gasteiger partial charge in [-0.3, -0.25) is 19.7 Å². The van der Waals surface area contributed by atoms with Gasteiger partial charge < -0.3 is 10.1 Å². The Bertz CT molecular complexity index is 1460. The Morgan fingerprint density at radius 2 is 1.89 bits per heavy atom. The maximum absolute atomic E-state index is 12.3. The second-order valence-corrected chi connectivity index (χ2v) is 7.45. The van der Waals surface area contributed by atoms with Gasteiger partial charge in [-0.05, 0) is 30.3 Å². The molecule has 35 heavy (non-hydrogen) atoms. The topological polar surface area (TPSA) is 136 Å². The first-order valence-electron chi connectivity index (χ1n) is 10.1. The number of nitrogens with one attached hydrogen (secondary N) is 2. The van der Waals surface area contributed by atoms with Gasteiger partial charge in [0.05, 0.1) is 22.3 Å². The minimum absolute atomic E-state index is 0.0783. The SMILES string of the molecule is O=CNc1cc2cc(/C=N/NC(=O)c3cccc([N+](=O)[O-])c3)c(Cl)nc2cc1Oc1ccccc1. The van der Waals surface area contributed by atoms with E-state index in [0.29, 0.717) is 40.1 Å². The summed E-state index contributed by atoms with van der Waals surface area (Å²) in [5.41, 5.74) is 3.49. The van der Waals surface area contributed by atoms with Gasteiger partial charge in [0.25, 0.3) is 11.6 Å². The summed E-state index contributed by atoms with van der Waals surface area (Å²) in [6.07, 6.45) is 1.83. The second-order valence-electron chi connectivity index (χ2n) is 7.09. The van der Waals surface area contributed by atoms with E-state index < -0.39 is 10.8 Å². The maximum Gasteiger partial charge on any atom is 0.271 e. The van der Waals surface area contributed by atoms with Gasteiger partial charge in [-0.2, -0.15) is 5.10 Å². The average molecular weight is 490 g/mol. The molecule has 0 atom stereocenters. The Balaban J connectivity index is 1.58. The number of nitrogens with zero attached hydrogens (tertiary/aromatic N) is 3. The van der Waals surface area contributed by atoms with Crippen LogP contribution in [0.5, 0.6) is 11.5 Å². The molecule has 2 amide bonds. The number of ether oxygens (including phenoxy) is 1. The number of hydrogen-bond acceptors (Lipinski definition) is 7. The molecule has 10 nitrogen and oxygen atoms in total. The normalized spacial score (nSPS) is 10.8. The smallest absolute Gasteiger partial charge is 0.271 e. The van der Waals surface area contributed by atoms with Crippen LogP contribution in [-0.4, -0.2) is 28.4 Å². The van der Waals surface area contributed by atoms with Crippen LogP contribution in [0, 0.1) is 10.1 Å². The number of para-hydroxylation sites is 1. The molecule has 0 radical (unpaired) electrons. The molecule has 0 aliphatic heterocycles. The van der Waals surface area contributed by atoms with E-state index in [1.165, 1.54) is 24.4 Å². The number of hydrazone groups is 1. The van der Waals surface area contributed by atoms with Gasteiger partial charge >= 0.3 is 0 Å². The molecule has 4 aromatic rings. The largest absolute Gasteiger partial charge is 0.455 e. The van der Waals surface area contributed by atoms with Crippen molar-refractivity contribution in [3.8, 4) is 11.5 Å². The molecule has 11 heteroatoms. The molecule has 0 bridgehead atoms. The number of pyridine rings is 1. The third-order valence-electron chi connectivity index (χ3n) is 4.77. The lowest BCUT2D eigenvalue weighted by atomic mass is 10.1. The predicted molar refractivity (Wildman–Crippen MR) is 131 cm³/mol. The molecular weight excluding hydrogens is 474 g/mol. The molecular formula is C24H16ClN5O5. The zero-order valence-electron chi connectivity index (χ0n) is 17.8. The van der Waals surface area contributed by atoms with E-state index in [0.717, 1.165) is 6.07 Å². The molecule has 0 spiro atoms. The molecule has 1 heterocycles. The number of non-ortho nitro benzene ring substituents is 1. The van der Waals surface area contributed by atoms with Gasteiger partial charge in [-0.25, -0.2) is 10.4 Å². The van der Waals surface area contributed by atoms with E-state index >= 15 is 0 Å². The zero-order chi connectivity index (χ0) is 24.8. The predicted octanol–water partition coefficient (Wildman–Crippen LogP) is 4.92. The van der Waals surface area contributed by atoms with Gasteiger partial charge in [-0.1, -0.05) is 35.9 Å². The Hall–Kier alpha value is -4.83. The summed E-state index contributed by atoms with van der Waals surface area (Å²) in [5, 5.41) is 18.1. The third kappa shape index (κ3) is 5.57. The zero-order valence-corrected chi connectivity index (χ0v) is 18.6. The molecule has 4 rings (SSSR count). The highest BCUT2D eigenvalue weighted by Gasteiger charge is 2.13. The van der Waals surface area contributed by atoms with Crippen molar-refractivity contribution in [1.29, 1.82) is 0 Å². The van der Waals surface area contributed by atoms with Crippen LogP contribution in [0.25, 0.3) is 10.9 Å². The first kappa shape index (κ1) is 23.3. The summed E-state index contributed by atoms with van der Waals surface area (Å²) in [6.45, 7) is 0. The van der Waals surface area contributed by atoms with E-state index in [2.05, 4.69) is 20.8 Å². The van der Waals surface area contributed by atoms with Gasteiger partial charge in [-0.15, -0.1) is 0 Å². The first-order valence-corrected chi connectivity index (χ1v) is 10.5. The van der Waals surface area contributed by atoms with Crippen LogP contribution in [0.1, 0.15) is 15.9 Å². The maximum atomic E-state index is 12.3. The quantitative estimate of drug-likeness (QED) is 0.118. The summed E-state index contributed by atoms with van der Waals surface area (Å²) in [7, 11) is 0. The number of nitro benzene ring substituents is 1. The summed E-state index contributed by atoms with van der Waals surface area (Å²) in [6, 6.07) is 19.3. The fourth-order valence-electron chi connectivity index (χ4n) is 3.15. The summed E-state index contributed by atoms with van der Waals surface area (Å²) in [5.74, 6) is 0.329. The molecule has 0 aliphatic rings. The summed E-state index contributed by atoms with van der Waals surface area (Å²) >= 11 is 6.30. The number of carbonyl (C=O) groups excluding carboxylic acids is 2. The van der Waals surface area contributed by atoms with Crippen LogP contribution < -0.4 is 15.5 Å². The number of aromatic nitrogens is 1. The van der Waals surface area contributed by atoms with E-state index in [4.69, 9.17) is 16.3 Å². The Kier molecular flexibility index (Phi) is 6.94. The monoisotopic (exact) mass is 489 g/mol. The van der Waals surface area contributed by atoms with Crippen LogP contribution in [0.3, 0.4) is 0 Å². The van der Waals surface area contributed by atoms with Gasteiger partial charge in [0.2, 0.25) is 6.41 Å².